The monoisotopic (exact) mass is 303 g/mol. The molecule has 0 radical (unpaired) electrons. The topological polar surface area (TPSA) is 60.5 Å². The molecule has 0 saturated carbocycles. The van der Waals surface area contributed by atoms with Crippen molar-refractivity contribution in [2.24, 2.45) is 0 Å². The lowest BCUT2D eigenvalue weighted by Gasteiger charge is -2.26. The minimum atomic E-state index is -0.324. The van der Waals surface area contributed by atoms with E-state index in [-0.39, 0.29) is 10.6 Å². The standard InChI is InChI=1S/C16H21N3O3/c1-2-5-18-12-13(11-17-6-8-22-9-7-17)15-10-14(19(20)21)3-4-16(15)18/h3-4,10,12H,2,5-9,11H2,1H3. The van der Waals surface area contributed by atoms with Crippen LogP contribution in [0.5, 0.6) is 0 Å². The predicted molar refractivity (Wildman–Crippen MR) is 85.0 cm³/mol. The summed E-state index contributed by atoms with van der Waals surface area (Å²) in [7, 11) is 0. The minimum Gasteiger partial charge on any atom is -0.379 e. The van der Waals surface area contributed by atoms with E-state index in [9.17, 15) is 10.1 Å². The van der Waals surface area contributed by atoms with Crippen molar-refractivity contribution in [2.75, 3.05) is 26.3 Å². The van der Waals surface area contributed by atoms with Gasteiger partial charge in [0.15, 0.2) is 0 Å². The van der Waals surface area contributed by atoms with Crippen molar-refractivity contribution in [3.05, 3.63) is 40.1 Å². The number of hydrogen-bond donors (Lipinski definition) is 0. The van der Waals surface area contributed by atoms with Gasteiger partial charge in [-0.25, -0.2) is 0 Å². The Kier molecular flexibility index (Phi) is 4.40. The van der Waals surface area contributed by atoms with E-state index in [0.29, 0.717) is 0 Å². The number of fused-ring (bicyclic) bond motifs is 1. The summed E-state index contributed by atoms with van der Waals surface area (Å²) >= 11 is 0. The number of aromatic nitrogens is 1. The molecule has 6 nitrogen and oxygen atoms in total. The largest absolute Gasteiger partial charge is 0.379 e. The predicted octanol–water partition coefficient (Wildman–Crippen LogP) is 2.79. The highest BCUT2D eigenvalue weighted by atomic mass is 16.6. The maximum absolute atomic E-state index is 11.1. The molecule has 22 heavy (non-hydrogen) atoms. The number of morpholine rings is 1. The van der Waals surface area contributed by atoms with Crippen LogP contribution in [0.4, 0.5) is 5.69 Å². The number of rotatable bonds is 5. The number of ether oxygens (including phenoxy) is 1. The molecule has 1 aliphatic heterocycles. The highest BCUT2D eigenvalue weighted by molar-refractivity contribution is 5.86. The van der Waals surface area contributed by atoms with Crippen molar-refractivity contribution in [1.29, 1.82) is 0 Å². The first-order valence-electron chi connectivity index (χ1n) is 7.75. The summed E-state index contributed by atoms with van der Waals surface area (Å²) in [6, 6.07) is 5.16. The fraction of sp³-hybridized carbons (Fsp3) is 0.500. The van der Waals surface area contributed by atoms with E-state index in [1.54, 1.807) is 12.1 Å². The molecule has 1 fully saturated rings. The van der Waals surface area contributed by atoms with Gasteiger partial charge in [-0.3, -0.25) is 15.0 Å². The van der Waals surface area contributed by atoms with Gasteiger partial charge in [-0.15, -0.1) is 0 Å². The van der Waals surface area contributed by atoms with Crippen LogP contribution in [0.3, 0.4) is 0 Å². The van der Waals surface area contributed by atoms with Crippen molar-refractivity contribution in [3.8, 4) is 0 Å². The lowest BCUT2D eigenvalue weighted by atomic mass is 10.1. The Labute approximate surface area is 129 Å². The summed E-state index contributed by atoms with van der Waals surface area (Å²) in [5.74, 6) is 0. The molecule has 118 valence electrons. The minimum absolute atomic E-state index is 0.157. The van der Waals surface area contributed by atoms with Gasteiger partial charge in [0.05, 0.1) is 18.1 Å². The molecule has 0 bridgehead atoms. The van der Waals surface area contributed by atoms with Gasteiger partial charge in [0, 0.05) is 55.4 Å². The smallest absolute Gasteiger partial charge is 0.270 e. The number of non-ortho nitro benzene ring substituents is 1. The van der Waals surface area contributed by atoms with Crippen LogP contribution in [0.2, 0.25) is 0 Å². The third-order valence-corrected chi connectivity index (χ3v) is 4.12. The van der Waals surface area contributed by atoms with E-state index in [1.165, 1.54) is 0 Å². The van der Waals surface area contributed by atoms with Gasteiger partial charge in [-0.2, -0.15) is 0 Å². The molecule has 2 heterocycles. The van der Waals surface area contributed by atoms with Crippen molar-refractivity contribution in [1.82, 2.24) is 9.47 Å². The maximum atomic E-state index is 11.1. The van der Waals surface area contributed by atoms with Crippen LogP contribution in [0.1, 0.15) is 18.9 Å². The van der Waals surface area contributed by atoms with Crippen molar-refractivity contribution in [3.63, 3.8) is 0 Å². The first kappa shape index (κ1) is 15.0. The zero-order valence-electron chi connectivity index (χ0n) is 12.8. The van der Waals surface area contributed by atoms with Gasteiger partial charge < -0.3 is 9.30 Å². The second-order valence-corrected chi connectivity index (χ2v) is 5.69. The van der Waals surface area contributed by atoms with Crippen LogP contribution < -0.4 is 0 Å². The summed E-state index contributed by atoms with van der Waals surface area (Å²) in [6.45, 7) is 7.22. The highest BCUT2D eigenvalue weighted by Gasteiger charge is 2.17. The number of benzene rings is 1. The van der Waals surface area contributed by atoms with Crippen LogP contribution in [0.15, 0.2) is 24.4 Å². The molecule has 0 amide bonds. The van der Waals surface area contributed by atoms with Gasteiger partial charge in [0.2, 0.25) is 0 Å². The Morgan fingerprint density at radius 2 is 2.09 bits per heavy atom. The molecule has 1 saturated heterocycles. The van der Waals surface area contributed by atoms with E-state index in [2.05, 4.69) is 22.6 Å². The Morgan fingerprint density at radius 3 is 2.77 bits per heavy atom. The summed E-state index contributed by atoms with van der Waals surface area (Å²) in [5, 5.41) is 12.0. The van der Waals surface area contributed by atoms with Crippen molar-refractivity contribution < 1.29 is 9.66 Å². The zero-order chi connectivity index (χ0) is 15.5. The summed E-state index contributed by atoms with van der Waals surface area (Å²) in [5.41, 5.74) is 2.40. The number of nitrogens with zero attached hydrogens (tertiary/aromatic N) is 3. The van der Waals surface area contributed by atoms with Gasteiger partial charge in [-0.1, -0.05) is 6.92 Å². The van der Waals surface area contributed by atoms with E-state index in [1.807, 2.05) is 6.07 Å². The normalized spacial score (nSPS) is 16.2. The van der Waals surface area contributed by atoms with Crippen LogP contribution in [0.25, 0.3) is 10.9 Å². The molecule has 0 aliphatic carbocycles. The van der Waals surface area contributed by atoms with Crippen LogP contribution >= 0.6 is 0 Å². The Morgan fingerprint density at radius 1 is 1.32 bits per heavy atom. The zero-order valence-corrected chi connectivity index (χ0v) is 12.8. The lowest BCUT2D eigenvalue weighted by molar-refractivity contribution is -0.384. The number of nitro benzene ring substituents is 1. The second-order valence-electron chi connectivity index (χ2n) is 5.69. The first-order chi connectivity index (χ1) is 10.7. The van der Waals surface area contributed by atoms with E-state index < -0.39 is 0 Å². The summed E-state index contributed by atoms with van der Waals surface area (Å²) < 4.78 is 7.59. The average molecular weight is 303 g/mol. The van der Waals surface area contributed by atoms with E-state index in [0.717, 1.165) is 62.3 Å². The maximum Gasteiger partial charge on any atom is 0.270 e. The fourth-order valence-corrected chi connectivity index (χ4v) is 3.02. The molecular formula is C16H21N3O3. The first-order valence-corrected chi connectivity index (χ1v) is 7.75. The Hall–Kier alpha value is -1.92. The third-order valence-electron chi connectivity index (χ3n) is 4.12. The summed E-state index contributed by atoms with van der Waals surface area (Å²) in [6.07, 6.45) is 3.19. The molecule has 1 aromatic heterocycles. The van der Waals surface area contributed by atoms with Crippen LogP contribution in [-0.4, -0.2) is 40.7 Å². The Balaban J connectivity index is 1.98. The third kappa shape index (κ3) is 2.98. The molecule has 1 aromatic carbocycles. The molecule has 0 atom stereocenters. The SMILES string of the molecule is CCCn1cc(CN2CCOCC2)c2cc([N+](=O)[O-])ccc21. The van der Waals surface area contributed by atoms with E-state index in [4.69, 9.17) is 4.74 Å². The highest BCUT2D eigenvalue weighted by Crippen LogP contribution is 2.27. The van der Waals surface area contributed by atoms with Gasteiger partial charge in [-0.05, 0) is 18.1 Å². The summed E-state index contributed by atoms with van der Waals surface area (Å²) in [4.78, 5) is 13.1. The average Bonchev–Trinajstić information content (AvgIpc) is 2.86. The van der Waals surface area contributed by atoms with Crippen molar-refractivity contribution >= 4 is 16.6 Å². The molecule has 6 heteroatoms. The van der Waals surface area contributed by atoms with Crippen molar-refractivity contribution in [2.45, 2.75) is 26.4 Å². The molecule has 3 rings (SSSR count). The number of nitro groups is 1. The molecule has 0 spiro atoms. The molecule has 2 aromatic rings. The molecule has 0 N–H and O–H groups in total. The Bertz CT molecular complexity index is 675. The number of hydrogen-bond acceptors (Lipinski definition) is 4. The van der Waals surface area contributed by atoms with E-state index >= 15 is 0 Å². The number of aryl methyl sites for hydroxylation is 1. The lowest BCUT2D eigenvalue weighted by Crippen LogP contribution is -2.35. The molecular weight excluding hydrogens is 282 g/mol. The van der Waals surface area contributed by atoms with Gasteiger partial charge in [0.25, 0.3) is 5.69 Å². The van der Waals surface area contributed by atoms with Gasteiger partial charge >= 0.3 is 0 Å². The van der Waals surface area contributed by atoms with Crippen LogP contribution in [0, 0.1) is 10.1 Å². The molecule has 0 unspecified atom stereocenters. The van der Waals surface area contributed by atoms with Crippen LogP contribution in [-0.2, 0) is 17.8 Å². The fourth-order valence-electron chi connectivity index (χ4n) is 3.02. The van der Waals surface area contributed by atoms with Gasteiger partial charge in [0.1, 0.15) is 0 Å². The quantitative estimate of drug-likeness (QED) is 0.629. The second kappa shape index (κ2) is 6.46. The molecule has 1 aliphatic rings.